The molecule has 0 aliphatic heterocycles. The van der Waals surface area contributed by atoms with Gasteiger partial charge in [-0.15, -0.1) is 0 Å². The Morgan fingerprint density at radius 2 is 1.95 bits per heavy atom. The maximum absolute atomic E-state index is 9.30. The van der Waals surface area contributed by atoms with Crippen LogP contribution in [0.5, 0.6) is 0 Å². The highest BCUT2D eigenvalue weighted by Gasteiger charge is 2.36. The first-order valence-corrected chi connectivity index (χ1v) is 8.74. The van der Waals surface area contributed by atoms with Gasteiger partial charge < -0.3 is 10.4 Å². The molecule has 0 aromatic heterocycles. The smallest absolute Gasteiger partial charge is 0.0558 e. The average Bonchev–Trinajstić information content (AvgIpc) is 3.24. The van der Waals surface area contributed by atoms with E-state index in [4.69, 9.17) is 0 Å². The highest BCUT2D eigenvalue weighted by atomic mass is 16.3. The number of aliphatic hydroxyl groups is 1. The SMILES string of the molecule is CCNC1CCC(C(C)C)CC1CN(CCO)C1CC1. The zero-order valence-corrected chi connectivity index (χ0v) is 13.6. The second kappa shape index (κ2) is 7.77. The van der Waals surface area contributed by atoms with E-state index in [0.29, 0.717) is 12.6 Å². The van der Waals surface area contributed by atoms with Gasteiger partial charge in [-0.05, 0) is 56.4 Å². The van der Waals surface area contributed by atoms with Crippen LogP contribution in [0, 0.1) is 17.8 Å². The number of nitrogens with one attached hydrogen (secondary N) is 1. The van der Waals surface area contributed by atoms with Crippen molar-refractivity contribution in [2.45, 2.75) is 65.0 Å². The fraction of sp³-hybridized carbons (Fsp3) is 1.00. The van der Waals surface area contributed by atoms with Gasteiger partial charge in [0.15, 0.2) is 0 Å². The first kappa shape index (κ1) is 16.3. The van der Waals surface area contributed by atoms with Crippen molar-refractivity contribution >= 4 is 0 Å². The van der Waals surface area contributed by atoms with E-state index >= 15 is 0 Å². The molecular formula is C17H34N2O. The molecule has 2 saturated carbocycles. The molecule has 2 aliphatic rings. The molecule has 3 heteroatoms. The van der Waals surface area contributed by atoms with Crippen LogP contribution in [0.2, 0.25) is 0 Å². The molecular weight excluding hydrogens is 248 g/mol. The number of hydrogen-bond acceptors (Lipinski definition) is 3. The summed E-state index contributed by atoms with van der Waals surface area (Å²) in [4.78, 5) is 2.55. The topological polar surface area (TPSA) is 35.5 Å². The predicted molar refractivity (Wildman–Crippen MR) is 84.8 cm³/mol. The quantitative estimate of drug-likeness (QED) is 0.718. The lowest BCUT2D eigenvalue weighted by atomic mass is 9.73. The summed E-state index contributed by atoms with van der Waals surface area (Å²) in [7, 11) is 0. The second-order valence-electron chi connectivity index (χ2n) is 7.19. The minimum atomic E-state index is 0.308. The molecule has 2 N–H and O–H groups in total. The molecule has 118 valence electrons. The van der Waals surface area contributed by atoms with E-state index in [9.17, 15) is 5.11 Å². The molecule has 2 fully saturated rings. The minimum absolute atomic E-state index is 0.308. The van der Waals surface area contributed by atoms with Crippen molar-refractivity contribution in [1.29, 1.82) is 0 Å². The Bertz CT molecular complexity index is 278. The van der Waals surface area contributed by atoms with E-state index < -0.39 is 0 Å². The van der Waals surface area contributed by atoms with E-state index in [1.807, 2.05) is 0 Å². The Morgan fingerprint density at radius 1 is 1.20 bits per heavy atom. The van der Waals surface area contributed by atoms with E-state index in [0.717, 1.165) is 36.9 Å². The van der Waals surface area contributed by atoms with Crippen molar-refractivity contribution in [3.63, 3.8) is 0 Å². The Labute approximate surface area is 125 Å². The number of hydrogen-bond donors (Lipinski definition) is 2. The van der Waals surface area contributed by atoms with Crippen molar-refractivity contribution in [3.8, 4) is 0 Å². The van der Waals surface area contributed by atoms with Crippen LogP contribution in [-0.4, -0.2) is 48.3 Å². The largest absolute Gasteiger partial charge is 0.395 e. The maximum Gasteiger partial charge on any atom is 0.0558 e. The molecule has 0 aromatic rings. The maximum atomic E-state index is 9.30. The summed E-state index contributed by atoms with van der Waals surface area (Å²) in [5.41, 5.74) is 0. The Morgan fingerprint density at radius 3 is 2.50 bits per heavy atom. The molecule has 20 heavy (non-hydrogen) atoms. The molecule has 0 aromatic carbocycles. The number of rotatable bonds is 8. The Kier molecular flexibility index (Phi) is 6.31. The summed E-state index contributed by atoms with van der Waals surface area (Å²) in [6, 6.07) is 1.46. The molecule has 0 saturated heterocycles. The third kappa shape index (κ3) is 4.44. The van der Waals surface area contributed by atoms with Gasteiger partial charge in [-0.2, -0.15) is 0 Å². The van der Waals surface area contributed by atoms with Gasteiger partial charge in [0.1, 0.15) is 0 Å². The molecule has 3 unspecified atom stereocenters. The molecule has 3 nitrogen and oxygen atoms in total. The monoisotopic (exact) mass is 282 g/mol. The molecule has 0 radical (unpaired) electrons. The highest BCUT2D eigenvalue weighted by molar-refractivity contribution is 4.91. The number of nitrogens with zero attached hydrogens (tertiary/aromatic N) is 1. The van der Waals surface area contributed by atoms with E-state index in [-0.39, 0.29) is 0 Å². The lowest BCUT2D eigenvalue weighted by Crippen LogP contribution is -2.47. The first-order chi connectivity index (χ1) is 9.65. The van der Waals surface area contributed by atoms with Crippen molar-refractivity contribution in [2.24, 2.45) is 17.8 Å². The van der Waals surface area contributed by atoms with Crippen LogP contribution < -0.4 is 5.32 Å². The Balaban J connectivity index is 1.94. The summed E-state index contributed by atoms with van der Waals surface area (Å²) in [5.74, 6) is 2.47. The number of aliphatic hydroxyl groups excluding tert-OH is 1. The van der Waals surface area contributed by atoms with E-state index in [1.54, 1.807) is 0 Å². The van der Waals surface area contributed by atoms with Gasteiger partial charge in [0.2, 0.25) is 0 Å². The van der Waals surface area contributed by atoms with Crippen LogP contribution in [0.25, 0.3) is 0 Å². The van der Waals surface area contributed by atoms with E-state index in [1.165, 1.54) is 38.6 Å². The zero-order valence-electron chi connectivity index (χ0n) is 13.6. The van der Waals surface area contributed by atoms with Crippen molar-refractivity contribution in [1.82, 2.24) is 10.2 Å². The molecule has 0 spiro atoms. The molecule has 0 bridgehead atoms. The molecule has 0 amide bonds. The second-order valence-corrected chi connectivity index (χ2v) is 7.19. The van der Waals surface area contributed by atoms with Crippen LogP contribution in [0.15, 0.2) is 0 Å². The fourth-order valence-electron chi connectivity index (χ4n) is 3.93. The van der Waals surface area contributed by atoms with Gasteiger partial charge in [-0.1, -0.05) is 20.8 Å². The van der Waals surface area contributed by atoms with Crippen molar-refractivity contribution < 1.29 is 5.11 Å². The zero-order chi connectivity index (χ0) is 14.5. The van der Waals surface area contributed by atoms with Gasteiger partial charge in [0.25, 0.3) is 0 Å². The molecule has 0 heterocycles. The van der Waals surface area contributed by atoms with Gasteiger partial charge in [0, 0.05) is 25.2 Å². The van der Waals surface area contributed by atoms with Gasteiger partial charge in [-0.3, -0.25) is 4.90 Å². The molecule has 2 aliphatic carbocycles. The van der Waals surface area contributed by atoms with E-state index in [2.05, 4.69) is 31.0 Å². The lowest BCUT2D eigenvalue weighted by molar-refractivity contribution is 0.105. The van der Waals surface area contributed by atoms with Crippen LogP contribution in [-0.2, 0) is 0 Å². The third-order valence-corrected chi connectivity index (χ3v) is 5.35. The summed E-state index contributed by atoms with van der Waals surface area (Å²) in [6.07, 6.45) is 6.76. The standard InChI is InChI=1S/C17H34N2O/c1-4-18-17-8-5-14(13(2)3)11-15(17)12-19(9-10-20)16-6-7-16/h13-18,20H,4-12H2,1-3H3. The third-order valence-electron chi connectivity index (χ3n) is 5.35. The van der Waals surface area contributed by atoms with Crippen LogP contribution >= 0.6 is 0 Å². The first-order valence-electron chi connectivity index (χ1n) is 8.74. The fourth-order valence-corrected chi connectivity index (χ4v) is 3.93. The summed E-state index contributed by atoms with van der Waals surface area (Å²) in [5, 5.41) is 13.0. The highest BCUT2D eigenvalue weighted by Crippen LogP contribution is 2.36. The van der Waals surface area contributed by atoms with Gasteiger partial charge in [0.05, 0.1) is 6.61 Å². The predicted octanol–water partition coefficient (Wildman–Crippen LogP) is 2.49. The molecule has 2 rings (SSSR count). The average molecular weight is 282 g/mol. The summed E-state index contributed by atoms with van der Waals surface area (Å²) >= 11 is 0. The summed E-state index contributed by atoms with van der Waals surface area (Å²) < 4.78 is 0. The van der Waals surface area contributed by atoms with Gasteiger partial charge >= 0.3 is 0 Å². The minimum Gasteiger partial charge on any atom is -0.395 e. The normalized spacial score (nSPS) is 31.2. The Hall–Kier alpha value is -0.120. The van der Waals surface area contributed by atoms with Crippen molar-refractivity contribution in [3.05, 3.63) is 0 Å². The van der Waals surface area contributed by atoms with Crippen LogP contribution in [0.4, 0.5) is 0 Å². The summed E-state index contributed by atoms with van der Waals surface area (Å²) in [6.45, 7) is 10.4. The molecule has 3 atom stereocenters. The van der Waals surface area contributed by atoms with Crippen molar-refractivity contribution in [2.75, 3.05) is 26.2 Å². The van der Waals surface area contributed by atoms with Crippen LogP contribution in [0.3, 0.4) is 0 Å². The lowest BCUT2D eigenvalue weighted by Gasteiger charge is -2.40. The van der Waals surface area contributed by atoms with Crippen LogP contribution in [0.1, 0.15) is 52.9 Å². The van der Waals surface area contributed by atoms with Gasteiger partial charge in [-0.25, -0.2) is 0 Å².